The smallest absolute Gasteiger partial charge is 0.258 e. The third-order valence-electron chi connectivity index (χ3n) is 3.84. The number of hydrogen-bond acceptors (Lipinski definition) is 4. The Balaban J connectivity index is 1.69. The van der Waals surface area contributed by atoms with Crippen molar-refractivity contribution in [1.29, 1.82) is 0 Å². The summed E-state index contributed by atoms with van der Waals surface area (Å²) in [6.07, 6.45) is 0. The summed E-state index contributed by atoms with van der Waals surface area (Å²) in [4.78, 5) is 23.8. The van der Waals surface area contributed by atoms with Crippen LogP contribution in [0.3, 0.4) is 0 Å². The summed E-state index contributed by atoms with van der Waals surface area (Å²) < 4.78 is 10.6. The molecule has 26 heavy (non-hydrogen) atoms. The molecule has 0 unspecified atom stereocenters. The third-order valence-corrected chi connectivity index (χ3v) is 3.84. The Morgan fingerprint density at radius 3 is 2.15 bits per heavy atom. The molecule has 0 aliphatic rings. The van der Waals surface area contributed by atoms with Crippen molar-refractivity contribution in [2.45, 2.75) is 13.8 Å². The Morgan fingerprint density at radius 1 is 0.923 bits per heavy atom. The van der Waals surface area contributed by atoms with Crippen molar-refractivity contribution in [2.24, 2.45) is 0 Å². The van der Waals surface area contributed by atoms with E-state index in [0.29, 0.717) is 24.4 Å². The van der Waals surface area contributed by atoms with E-state index in [4.69, 9.17) is 9.47 Å². The van der Waals surface area contributed by atoms with Gasteiger partial charge in [-0.3, -0.25) is 9.59 Å². The Hall–Kier alpha value is -3.02. The van der Waals surface area contributed by atoms with E-state index >= 15 is 0 Å². The Labute approximate surface area is 153 Å². The van der Waals surface area contributed by atoms with Gasteiger partial charge < -0.3 is 20.1 Å². The SMILES string of the molecule is COc1ccc(C(=O)NCCNC(=O)COc2c(C)cccc2C)cc1. The van der Waals surface area contributed by atoms with Gasteiger partial charge in [0.2, 0.25) is 0 Å². The maximum Gasteiger partial charge on any atom is 0.258 e. The summed E-state index contributed by atoms with van der Waals surface area (Å²) in [6, 6.07) is 12.6. The van der Waals surface area contributed by atoms with Gasteiger partial charge in [-0.05, 0) is 49.2 Å². The average molecular weight is 356 g/mol. The van der Waals surface area contributed by atoms with Crippen LogP contribution in [0.1, 0.15) is 21.5 Å². The number of carbonyl (C=O) groups is 2. The summed E-state index contributed by atoms with van der Waals surface area (Å²) in [5, 5.41) is 5.47. The molecule has 0 spiro atoms. The lowest BCUT2D eigenvalue weighted by Gasteiger charge is -2.12. The van der Waals surface area contributed by atoms with Crippen LogP contribution in [0.4, 0.5) is 0 Å². The first kappa shape index (κ1) is 19.3. The highest BCUT2D eigenvalue weighted by Crippen LogP contribution is 2.21. The second-order valence-corrected chi connectivity index (χ2v) is 5.84. The molecule has 0 aliphatic heterocycles. The van der Waals surface area contributed by atoms with E-state index in [2.05, 4.69) is 10.6 Å². The summed E-state index contributed by atoms with van der Waals surface area (Å²) in [7, 11) is 1.57. The van der Waals surface area contributed by atoms with Crippen molar-refractivity contribution < 1.29 is 19.1 Å². The van der Waals surface area contributed by atoms with Gasteiger partial charge in [-0.15, -0.1) is 0 Å². The molecule has 6 heteroatoms. The zero-order valence-corrected chi connectivity index (χ0v) is 15.3. The van der Waals surface area contributed by atoms with E-state index in [1.165, 1.54) is 0 Å². The minimum Gasteiger partial charge on any atom is -0.497 e. The molecule has 2 N–H and O–H groups in total. The fourth-order valence-corrected chi connectivity index (χ4v) is 2.44. The van der Waals surface area contributed by atoms with Crippen molar-refractivity contribution in [2.75, 3.05) is 26.8 Å². The lowest BCUT2D eigenvalue weighted by atomic mass is 10.1. The molecular formula is C20H24N2O4. The first-order valence-corrected chi connectivity index (χ1v) is 8.39. The number of carbonyl (C=O) groups excluding carboxylic acids is 2. The highest BCUT2D eigenvalue weighted by atomic mass is 16.5. The lowest BCUT2D eigenvalue weighted by Crippen LogP contribution is -2.36. The second-order valence-electron chi connectivity index (χ2n) is 5.84. The predicted octanol–water partition coefficient (Wildman–Crippen LogP) is 2.24. The van der Waals surface area contributed by atoms with Gasteiger partial charge in [0.25, 0.3) is 11.8 Å². The van der Waals surface area contributed by atoms with Gasteiger partial charge in [0.05, 0.1) is 7.11 Å². The number of ether oxygens (including phenoxy) is 2. The number of methoxy groups -OCH3 is 1. The largest absolute Gasteiger partial charge is 0.497 e. The minimum absolute atomic E-state index is 0.0574. The first-order chi connectivity index (χ1) is 12.5. The molecule has 0 saturated carbocycles. The van der Waals surface area contributed by atoms with Crippen LogP contribution in [0.15, 0.2) is 42.5 Å². The standard InChI is InChI=1S/C20H24N2O4/c1-14-5-4-6-15(2)19(14)26-13-18(23)21-11-12-22-20(24)16-7-9-17(25-3)10-8-16/h4-10H,11-13H2,1-3H3,(H,21,23)(H,22,24). The molecule has 0 aromatic heterocycles. The number of para-hydroxylation sites is 1. The average Bonchev–Trinajstić information content (AvgIpc) is 2.64. The van der Waals surface area contributed by atoms with Gasteiger partial charge in [-0.2, -0.15) is 0 Å². The Bertz CT molecular complexity index is 737. The number of benzene rings is 2. The van der Waals surface area contributed by atoms with Crippen molar-refractivity contribution in [3.63, 3.8) is 0 Å². The van der Waals surface area contributed by atoms with Crippen LogP contribution in [-0.2, 0) is 4.79 Å². The summed E-state index contributed by atoms with van der Waals surface area (Å²) in [5.41, 5.74) is 2.52. The van der Waals surface area contributed by atoms with E-state index in [1.807, 2.05) is 32.0 Å². The van der Waals surface area contributed by atoms with Gasteiger partial charge in [-0.1, -0.05) is 18.2 Å². The van der Waals surface area contributed by atoms with Gasteiger partial charge in [0, 0.05) is 18.7 Å². The second kappa shape index (κ2) is 9.46. The zero-order valence-electron chi connectivity index (χ0n) is 15.3. The lowest BCUT2D eigenvalue weighted by molar-refractivity contribution is -0.123. The number of hydrogen-bond donors (Lipinski definition) is 2. The molecule has 0 bridgehead atoms. The van der Waals surface area contributed by atoms with Gasteiger partial charge >= 0.3 is 0 Å². The van der Waals surface area contributed by atoms with Gasteiger partial charge in [0.15, 0.2) is 6.61 Å². The molecule has 0 heterocycles. The normalized spacial score (nSPS) is 10.1. The Morgan fingerprint density at radius 2 is 1.54 bits per heavy atom. The maximum atomic E-state index is 12.0. The molecule has 2 amide bonds. The molecule has 0 aliphatic carbocycles. The highest BCUT2D eigenvalue weighted by molar-refractivity contribution is 5.94. The molecule has 2 aromatic rings. The predicted molar refractivity (Wildman–Crippen MR) is 99.7 cm³/mol. The van der Waals surface area contributed by atoms with Crippen molar-refractivity contribution in [1.82, 2.24) is 10.6 Å². The first-order valence-electron chi connectivity index (χ1n) is 8.39. The van der Waals surface area contributed by atoms with Crippen LogP contribution < -0.4 is 20.1 Å². The molecule has 0 radical (unpaired) electrons. The topological polar surface area (TPSA) is 76.7 Å². The third kappa shape index (κ3) is 5.51. The molecule has 0 fully saturated rings. The molecule has 6 nitrogen and oxygen atoms in total. The Kier molecular flexibility index (Phi) is 7.02. The van der Waals surface area contributed by atoms with Crippen LogP contribution in [0.25, 0.3) is 0 Å². The van der Waals surface area contributed by atoms with Crippen LogP contribution in [0.2, 0.25) is 0 Å². The van der Waals surface area contributed by atoms with E-state index < -0.39 is 0 Å². The zero-order chi connectivity index (χ0) is 18.9. The van der Waals surface area contributed by atoms with E-state index in [0.717, 1.165) is 16.9 Å². The van der Waals surface area contributed by atoms with E-state index in [9.17, 15) is 9.59 Å². The molecular weight excluding hydrogens is 332 g/mol. The van der Waals surface area contributed by atoms with Crippen LogP contribution >= 0.6 is 0 Å². The van der Waals surface area contributed by atoms with Gasteiger partial charge in [-0.25, -0.2) is 0 Å². The van der Waals surface area contributed by atoms with Crippen LogP contribution in [-0.4, -0.2) is 38.6 Å². The monoisotopic (exact) mass is 356 g/mol. The van der Waals surface area contributed by atoms with Crippen molar-refractivity contribution in [3.05, 3.63) is 59.2 Å². The number of aryl methyl sites for hydroxylation is 2. The van der Waals surface area contributed by atoms with E-state index in [1.54, 1.807) is 31.4 Å². The molecule has 2 rings (SSSR count). The van der Waals surface area contributed by atoms with Crippen molar-refractivity contribution in [3.8, 4) is 11.5 Å². The number of rotatable bonds is 8. The molecule has 2 aromatic carbocycles. The number of amides is 2. The molecule has 0 atom stereocenters. The fraction of sp³-hybridized carbons (Fsp3) is 0.300. The highest BCUT2D eigenvalue weighted by Gasteiger charge is 2.08. The maximum absolute atomic E-state index is 12.0. The van der Waals surface area contributed by atoms with Crippen LogP contribution in [0.5, 0.6) is 11.5 Å². The minimum atomic E-state index is -0.230. The number of nitrogens with one attached hydrogen (secondary N) is 2. The van der Waals surface area contributed by atoms with Crippen LogP contribution in [0, 0.1) is 13.8 Å². The molecule has 0 saturated heterocycles. The van der Waals surface area contributed by atoms with Gasteiger partial charge in [0.1, 0.15) is 11.5 Å². The van der Waals surface area contributed by atoms with E-state index in [-0.39, 0.29) is 18.4 Å². The summed E-state index contributed by atoms with van der Waals surface area (Å²) >= 11 is 0. The van der Waals surface area contributed by atoms with Crippen molar-refractivity contribution >= 4 is 11.8 Å². The summed E-state index contributed by atoms with van der Waals surface area (Å²) in [5.74, 6) is 0.994. The quantitative estimate of drug-likeness (QED) is 0.711. The fourth-order valence-electron chi connectivity index (χ4n) is 2.44. The molecule has 138 valence electrons. The summed E-state index contributed by atoms with van der Waals surface area (Å²) in [6.45, 7) is 4.48.